The minimum absolute atomic E-state index is 0.180. The van der Waals surface area contributed by atoms with E-state index in [4.69, 9.17) is 0 Å². The first-order valence-electron chi connectivity index (χ1n) is 10.9. The fourth-order valence-electron chi connectivity index (χ4n) is 3.28. The number of hydrogen-bond acceptors (Lipinski definition) is 4. The number of halogens is 1. The molecule has 1 atom stereocenters. The zero-order chi connectivity index (χ0) is 24.6. The molecule has 0 aliphatic carbocycles. The van der Waals surface area contributed by atoms with Crippen LogP contribution in [0, 0.1) is 0 Å². The van der Waals surface area contributed by atoms with E-state index in [0.29, 0.717) is 12.2 Å². The topological polar surface area (TPSA) is 86.8 Å². The van der Waals surface area contributed by atoms with Gasteiger partial charge in [-0.25, -0.2) is 8.42 Å². The third kappa shape index (κ3) is 7.85. The van der Waals surface area contributed by atoms with E-state index in [1.807, 2.05) is 50.2 Å². The number of hydrogen-bond donors (Lipinski definition) is 1. The number of carbonyl (C=O) groups is 2. The molecular weight excluding hydrogens is 506 g/mol. The molecule has 0 saturated heterocycles. The van der Waals surface area contributed by atoms with Crippen molar-refractivity contribution in [1.29, 1.82) is 0 Å². The van der Waals surface area contributed by atoms with Crippen LogP contribution < -0.4 is 9.62 Å². The fraction of sp³-hybridized carbons (Fsp3) is 0.417. The van der Waals surface area contributed by atoms with Crippen molar-refractivity contribution < 1.29 is 18.0 Å². The summed E-state index contributed by atoms with van der Waals surface area (Å²) in [6.07, 6.45) is 2.67. The van der Waals surface area contributed by atoms with Crippen molar-refractivity contribution in [2.24, 2.45) is 0 Å². The maximum Gasteiger partial charge on any atom is 0.244 e. The monoisotopic (exact) mass is 537 g/mol. The van der Waals surface area contributed by atoms with Gasteiger partial charge in [-0.3, -0.25) is 13.9 Å². The lowest BCUT2D eigenvalue weighted by molar-refractivity contribution is -0.139. The molecule has 2 aromatic rings. The molecule has 0 heterocycles. The van der Waals surface area contributed by atoms with Crippen molar-refractivity contribution in [2.75, 3.05) is 23.7 Å². The van der Waals surface area contributed by atoms with Gasteiger partial charge >= 0.3 is 0 Å². The maximum atomic E-state index is 13.4. The van der Waals surface area contributed by atoms with Crippen LogP contribution in [0.2, 0.25) is 0 Å². The van der Waals surface area contributed by atoms with Gasteiger partial charge in [0.05, 0.1) is 11.9 Å². The highest BCUT2D eigenvalue weighted by Gasteiger charge is 2.29. The summed E-state index contributed by atoms with van der Waals surface area (Å²) >= 11 is 3.39. The molecule has 0 aromatic heterocycles. The Kier molecular flexibility index (Phi) is 9.91. The van der Waals surface area contributed by atoms with Crippen molar-refractivity contribution in [2.45, 2.75) is 46.2 Å². The molecule has 180 valence electrons. The van der Waals surface area contributed by atoms with Gasteiger partial charge in [0.2, 0.25) is 21.8 Å². The lowest BCUT2D eigenvalue weighted by Gasteiger charge is -2.31. The van der Waals surface area contributed by atoms with Gasteiger partial charge in [0.15, 0.2) is 0 Å². The number of benzene rings is 2. The Morgan fingerprint density at radius 3 is 2.09 bits per heavy atom. The second kappa shape index (κ2) is 12.2. The molecule has 9 heteroatoms. The Labute approximate surface area is 205 Å². The van der Waals surface area contributed by atoms with Gasteiger partial charge < -0.3 is 10.2 Å². The van der Waals surface area contributed by atoms with Crippen molar-refractivity contribution in [3.05, 3.63) is 64.1 Å². The summed E-state index contributed by atoms with van der Waals surface area (Å²) in [5.41, 5.74) is 2.31. The van der Waals surface area contributed by atoms with Crippen LogP contribution in [-0.4, -0.2) is 50.5 Å². The van der Waals surface area contributed by atoms with Crippen molar-refractivity contribution in [3.8, 4) is 0 Å². The van der Waals surface area contributed by atoms with Gasteiger partial charge in [-0.1, -0.05) is 54.0 Å². The average Bonchev–Trinajstić information content (AvgIpc) is 2.79. The standard InChI is InChI=1S/C24H32BrN3O4S/c1-5-15-26-24(30)18(3)27(16-20-7-11-21(25)12-8-20)23(29)17-28(33(4,31)32)22-13-9-19(6-2)10-14-22/h7-14,18H,5-6,15-17H2,1-4H3,(H,26,30)/t18-/m1/s1. The van der Waals surface area contributed by atoms with Gasteiger partial charge in [-0.05, 0) is 55.2 Å². The fourth-order valence-corrected chi connectivity index (χ4v) is 4.39. The molecule has 0 unspecified atom stereocenters. The molecule has 2 aromatic carbocycles. The minimum atomic E-state index is -3.73. The average molecular weight is 539 g/mol. The molecule has 0 aliphatic heterocycles. The summed E-state index contributed by atoms with van der Waals surface area (Å²) in [4.78, 5) is 27.5. The van der Waals surface area contributed by atoms with Crippen LogP contribution in [0.5, 0.6) is 0 Å². The first kappa shape index (κ1) is 26.9. The van der Waals surface area contributed by atoms with Crippen molar-refractivity contribution in [3.63, 3.8) is 0 Å². The number of carbonyl (C=O) groups excluding carboxylic acids is 2. The van der Waals surface area contributed by atoms with E-state index in [2.05, 4.69) is 21.2 Å². The number of aryl methyl sites for hydroxylation is 1. The number of amides is 2. The zero-order valence-electron chi connectivity index (χ0n) is 19.5. The Morgan fingerprint density at radius 1 is 1.00 bits per heavy atom. The lowest BCUT2D eigenvalue weighted by atomic mass is 10.1. The molecule has 0 spiro atoms. The first-order valence-corrected chi connectivity index (χ1v) is 13.6. The summed E-state index contributed by atoms with van der Waals surface area (Å²) in [5.74, 6) is -0.734. The molecule has 1 N–H and O–H groups in total. The van der Waals surface area contributed by atoms with Crippen LogP contribution in [0.25, 0.3) is 0 Å². The van der Waals surface area contributed by atoms with Gasteiger partial charge in [-0.2, -0.15) is 0 Å². The number of anilines is 1. The second-order valence-electron chi connectivity index (χ2n) is 7.90. The van der Waals surface area contributed by atoms with E-state index < -0.39 is 28.5 Å². The summed E-state index contributed by atoms with van der Waals surface area (Å²) in [5, 5.41) is 2.82. The van der Waals surface area contributed by atoms with Gasteiger partial charge in [0, 0.05) is 17.6 Å². The van der Waals surface area contributed by atoms with Crippen LogP contribution >= 0.6 is 15.9 Å². The van der Waals surface area contributed by atoms with Crippen molar-refractivity contribution >= 4 is 43.5 Å². The summed E-state index contributed by atoms with van der Waals surface area (Å²) in [6, 6.07) is 13.8. The van der Waals surface area contributed by atoms with Gasteiger partial charge in [-0.15, -0.1) is 0 Å². The number of rotatable bonds is 11. The van der Waals surface area contributed by atoms with E-state index in [-0.39, 0.29) is 12.5 Å². The number of nitrogens with zero attached hydrogens (tertiary/aromatic N) is 2. The third-order valence-corrected chi connectivity index (χ3v) is 6.96. The van der Waals surface area contributed by atoms with Crippen LogP contribution in [0.4, 0.5) is 5.69 Å². The maximum absolute atomic E-state index is 13.4. The van der Waals surface area contributed by atoms with E-state index in [9.17, 15) is 18.0 Å². The van der Waals surface area contributed by atoms with Crippen molar-refractivity contribution in [1.82, 2.24) is 10.2 Å². The third-order valence-electron chi connectivity index (χ3n) is 5.29. The summed E-state index contributed by atoms with van der Waals surface area (Å²) < 4.78 is 27.1. The highest BCUT2D eigenvalue weighted by molar-refractivity contribution is 9.10. The van der Waals surface area contributed by atoms with Crippen LogP contribution in [0.15, 0.2) is 53.0 Å². The second-order valence-corrected chi connectivity index (χ2v) is 10.7. The molecule has 7 nitrogen and oxygen atoms in total. The molecule has 33 heavy (non-hydrogen) atoms. The first-order chi connectivity index (χ1) is 15.6. The molecule has 0 saturated carbocycles. The highest BCUT2D eigenvalue weighted by atomic mass is 79.9. The molecule has 0 radical (unpaired) electrons. The predicted octanol–water partition coefficient (Wildman–Crippen LogP) is 3.72. The van der Waals surface area contributed by atoms with E-state index >= 15 is 0 Å². The molecule has 2 rings (SSSR count). The lowest BCUT2D eigenvalue weighted by Crippen LogP contribution is -2.51. The quantitative estimate of drug-likeness (QED) is 0.473. The van der Waals surface area contributed by atoms with Gasteiger partial charge in [0.25, 0.3) is 0 Å². The Balaban J connectivity index is 2.34. The van der Waals surface area contributed by atoms with E-state index in [0.717, 1.165) is 39.0 Å². The van der Waals surface area contributed by atoms with Crippen LogP contribution in [0.1, 0.15) is 38.3 Å². The Morgan fingerprint density at radius 2 is 1.58 bits per heavy atom. The van der Waals surface area contributed by atoms with E-state index in [1.165, 1.54) is 4.90 Å². The number of sulfonamides is 1. The largest absolute Gasteiger partial charge is 0.354 e. The van der Waals surface area contributed by atoms with E-state index in [1.54, 1.807) is 19.1 Å². The van der Waals surface area contributed by atoms with Crippen LogP contribution in [0.3, 0.4) is 0 Å². The molecule has 0 bridgehead atoms. The number of nitrogens with one attached hydrogen (secondary N) is 1. The zero-order valence-corrected chi connectivity index (χ0v) is 21.9. The minimum Gasteiger partial charge on any atom is -0.354 e. The smallest absolute Gasteiger partial charge is 0.244 e. The Hall–Kier alpha value is -2.39. The van der Waals surface area contributed by atoms with Gasteiger partial charge in [0.1, 0.15) is 12.6 Å². The summed E-state index contributed by atoms with van der Waals surface area (Å²) in [6.45, 7) is 5.90. The molecule has 2 amide bonds. The molecule has 0 aliphatic rings. The highest BCUT2D eigenvalue weighted by Crippen LogP contribution is 2.20. The predicted molar refractivity (Wildman–Crippen MR) is 135 cm³/mol. The van der Waals surface area contributed by atoms with Crippen LogP contribution in [-0.2, 0) is 32.6 Å². The normalized spacial score (nSPS) is 12.2. The molecule has 0 fully saturated rings. The molecular formula is C24H32BrN3O4S. The summed E-state index contributed by atoms with van der Waals surface area (Å²) in [7, 11) is -3.73. The SMILES string of the molecule is CCCNC(=O)[C@@H](C)N(Cc1ccc(Br)cc1)C(=O)CN(c1ccc(CC)cc1)S(C)(=O)=O. The Bertz CT molecular complexity index is 1040.